The van der Waals surface area contributed by atoms with E-state index in [1.54, 1.807) is 30.3 Å². The Morgan fingerprint density at radius 1 is 1.30 bits per heavy atom. The summed E-state index contributed by atoms with van der Waals surface area (Å²) in [6.07, 6.45) is 4.54. The lowest BCUT2D eigenvalue weighted by atomic mass is 10.1. The van der Waals surface area contributed by atoms with Gasteiger partial charge in [-0.2, -0.15) is 0 Å². The molecule has 0 spiro atoms. The van der Waals surface area contributed by atoms with Crippen molar-refractivity contribution in [3.05, 3.63) is 43.0 Å². The summed E-state index contributed by atoms with van der Waals surface area (Å²) in [5.74, 6) is 0. The number of piperidine rings is 1. The molecule has 0 bridgehead atoms. The van der Waals surface area contributed by atoms with Gasteiger partial charge in [-0.15, -0.1) is 6.58 Å². The predicted octanol–water partition coefficient (Wildman–Crippen LogP) is 1.76. The molecule has 1 atom stereocenters. The van der Waals surface area contributed by atoms with Crippen molar-refractivity contribution in [1.29, 1.82) is 0 Å². The molecule has 1 heterocycles. The van der Waals surface area contributed by atoms with Gasteiger partial charge < -0.3 is 10.0 Å². The van der Waals surface area contributed by atoms with Gasteiger partial charge in [0.15, 0.2) is 0 Å². The molecule has 1 saturated heterocycles. The third-order valence-corrected chi connectivity index (χ3v) is 5.67. The average Bonchev–Trinajstić information content (AvgIpc) is 2.55. The number of nitrogens with zero attached hydrogens (tertiary/aromatic N) is 1. The molecule has 23 heavy (non-hydrogen) atoms. The highest BCUT2D eigenvalue weighted by Gasteiger charge is 2.25. The minimum atomic E-state index is -3.44. The summed E-state index contributed by atoms with van der Waals surface area (Å²) in [6, 6.07) is 8.42. The van der Waals surface area contributed by atoms with Crippen LogP contribution in [-0.4, -0.2) is 50.2 Å². The molecular formula is C17H26N2O3S. The average molecular weight is 338 g/mol. The Labute approximate surface area is 139 Å². The summed E-state index contributed by atoms with van der Waals surface area (Å²) in [4.78, 5) is 2.50. The van der Waals surface area contributed by atoms with Gasteiger partial charge in [0.05, 0.1) is 11.0 Å². The molecule has 2 rings (SSSR count). The van der Waals surface area contributed by atoms with E-state index in [-0.39, 0.29) is 12.1 Å². The Morgan fingerprint density at radius 3 is 2.57 bits per heavy atom. The molecule has 1 fully saturated rings. The maximum atomic E-state index is 12.3. The SMILES string of the molecule is C=CCCC(O)CN1CCC(NS(=O)(=O)c2ccccc2)CC1. The third kappa shape index (κ3) is 5.73. The van der Waals surface area contributed by atoms with E-state index in [9.17, 15) is 13.5 Å². The third-order valence-electron chi connectivity index (χ3n) is 4.14. The van der Waals surface area contributed by atoms with Gasteiger partial charge in [-0.1, -0.05) is 24.3 Å². The number of benzene rings is 1. The van der Waals surface area contributed by atoms with Gasteiger partial charge in [-0.05, 0) is 50.9 Å². The summed E-state index contributed by atoms with van der Waals surface area (Å²) >= 11 is 0. The zero-order valence-electron chi connectivity index (χ0n) is 13.4. The molecule has 6 heteroatoms. The Bertz CT molecular complexity index is 581. The summed E-state index contributed by atoms with van der Waals surface area (Å²) in [5, 5.41) is 9.93. The molecule has 0 aromatic heterocycles. The number of allylic oxidation sites excluding steroid dienone is 1. The molecule has 1 aliphatic rings. The van der Waals surface area contributed by atoms with E-state index < -0.39 is 10.0 Å². The second kappa shape index (κ2) is 8.59. The van der Waals surface area contributed by atoms with Crippen LogP contribution in [0, 0.1) is 0 Å². The minimum Gasteiger partial charge on any atom is -0.392 e. The molecule has 0 saturated carbocycles. The van der Waals surface area contributed by atoms with E-state index in [4.69, 9.17) is 0 Å². The number of hydrogen-bond acceptors (Lipinski definition) is 4. The number of nitrogens with one attached hydrogen (secondary N) is 1. The molecule has 2 N–H and O–H groups in total. The van der Waals surface area contributed by atoms with Crippen LogP contribution in [0.5, 0.6) is 0 Å². The number of rotatable bonds is 8. The van der Waals surface area contributed by atoms with Crippen molar-refractivity contribution >= 4 is 10.0 Å². The smallest absolute Gasteiger partial charge is 0.240 e. The fourth-order valence-corrected chi connectivity index (χ4v) is 4.15. The quantitative estimate of drug-likeness (QED) is 0.709. The van der Waals surface area contributed by atoms with E-state index >= 15 is 0 Å². The van der Waals surface area contributed by atoms with E-state index in [1.165, 1.54) is 0 Å². The molecule has 1 aliphatic heterocycles. The van der Waals surface area contributed by atoms with Crippen LogP contribution in [0.25, 0.3) is 0 Å². The van der Waals surface area contributed by atoms with E-state index in [0.29, 0.717) is 11.4 Å². The van der Waals surface area contributed by atoms with Crippen LogP contribution in [0.4, 0.5) is 0 Å². The topological polar surface area (TPSA) is 69.6 Å². The second-order valence-corrected chi connectivity index (χ2v) is 7.74. The zero-order valence-corrected chi connectivity index (χ0v) is 14.2. The first-order chi connectivity index (χ1) is 11.0. The van der Waals surface area contributed by atoms with Crippen molar-refractivity contribution in [2.45, 2.75) is 42.7 Å². The maximum absolute atomic E-state index is 12.3. The highest BCUT2D eigenvalue weighted by molar-refractivity contribution is 7.89. The van der Waals surface area contributed by atoms with Gasteiger partial charge in [-0.3, -0.25) is 0 Å². The lowest BCUT2D eigenvalue weighted by molar-refractivity contribution is 0.0909. The summed E-state index contributed by atoms with van der Waals surface area (Å²) in [7, 11) is -3.44. The normalized spacial score (nSPS) is 18.7. The van der Waals surface area contributed by atoms with Crippen LogP contribution >= 0.6 is 0 Å². The zero-order chi connectivity index (χ0) is 16.7. The van der Waals surface area contributed by atoms with Crippen molar-refractivity contribution in [3.8, 4) is 0 Å². The largest absolute Gasteiger partial charge is 0.392 e. The van der Waals surface area contributed by atoms with Gasteiger partial charge in [0, 0.05) is 12.6 Å². The molecule has 0 aliphatic carbocycles. The lowest BCUT2D eigenvalue weighted by Crippen LogP contribution is -2.46. The number of sulfonamides is 1. The number of aliphatic hydroxyl groups excluding tert-OH is 1. The fraction of sp³-hybridized carbons (Fsp3) is 0.529. The van der Waals surface area contributed by atoms with Gasteiger partial charge in [0.1, 0.15) is 0 Å². The van der Waals surface area contributed by atoms with Crippen molar-refractivity contribution in [1.82, 2.24) is 9.62 Å². The van der Waals surface area contributed by atoms with Crippen molar-refractivity contribution in [2.24, 2.45) is 0 Å². The van der Waals surface area contributed by atoms with Crippen LogP contribution < -0.4 is 4.72 Å². The van der Waals surface area contributed by atoms with Crippen molar-refractivity contribution in [2.75, 3.05) is 19.6 Å². The Kier molecular flexibility index (Phi) is 6.77. The first-order valence-corrected chi connectivity index (χ1v) is 9.58. The predicted molar refractivity (Wildman–Crippen MR) is 91.7 cm³/mol. The van der Waals surface area contributed by atoms with E-state index in [2.05, 4.69) is 16.2 Å². The highest BCUT2D eigenvalue weighted by Crippen LogP contribution is 2.15. The van der Waals surface area contributed by atoms with Crippen molar-refractivity contribution < 1.29 is 13.5 Å². The number of hydrogen-bond donors (Lipinski definition) is 2. The maximum Gasteiger partial charge on any atom is 0.240 e. The first-order valence-electron chi connectivity index (χ1n) is 8.10. The van der Waals surface area contributed by atoms with Crippen LogP contribution in [0.2, 0.25) is 0 Å². The van der Waals surface area contributed by atoms with Crippen molar-refractivity contribution in [3.63, 3.8) is 0 Å². The summed E-state index contributed by atoms with van der Waals surface area (Å²) in [6.45, 7) is 5.90. The molecular weight excluding hydrogens is 312 g/mol. The van der Waals surface area contributed by atoms with Gasteiger partial charge in [0.25, 0.3) is 0 Å². The fourth-order valence-electron chi connectivity index (χ4n) is 2.82. The minimum absolute atomic E-state index is 0.0400. The Balaban J connectivity index is 1.80. The van der Waals surface area contributed by atoms with E-state index in [1.807, 2.05) is 6.08 Å². The van der Waals surface area contributed by atoms with Gasteiger partial charge in [-0.25, -0.2) is 13.1 Å². The van der Waals surface area contributed by atoms with Gasteiger partial charge in [0.2, 0.25) is 10.0 Å². The van der Waals surface area contributed by atoms with Crippen LogP contribution in [0.1, 0.15) is 25.7 Å². The van der Waals surface area contributed by atoms with Crippen LogP contribution in [0.3, 0.4) is 0 Å². The standard InChI is InChI=1S/C17H26N2O3S/c1-2-3-7-16(20)14-19-12-10-15(11-13-19)18-23(21,22)17-8-5-4-6-9-17/h2,4-6,8-9,15-16,18,20H,1,3,7,10-14H2. The molecule has 5 nitrogen and oxygen atoms in total. The molecule has 0 radical (unpaired) electrons. The van der Waals surface area contributed by atoms with Crippen LogP contribution in [0.15, 0.2) is 47.9 Å². The molecule has 1 aromatic rings. The summed E-state index contributed by atoms with van der Waals surface area (Å²) in [5.41, 5.74) is 0. The number of likely N-dealkylation sites (tertiary alicyclic amines) is 1. The van der Waals surface area contributed by atoms with Crippen LogP contribution in [-0.2, 0) is 10.0 Å². The molecule has 1 aromatic carbocycles. The summed E-state index contributed by atoms with van der Waals surface area (Å²) < 4.78 is 27.4. The van der Waals surface area contributed by atoms with E-state index in [0.717, 1.165) is 38.8 Å². The number of aliphatic hydroxyl groups is 1. The molecule has 1 unspecified atom stereocenters. The lowest BCUT2D eigenvalue weighted by Gasteiger charge is -2.33. The van der Waals surface area contributed by atoms with Gasteiger partial charge >= 0.3 is 0 Å². The Morgan fingerprint density at radius 2 is 1.96 bits per heavy atom. The Hall–Kier alpha value is -1.21. The monoisotopic (exact) mass is 338 g/mol. The first kappa shape index (κ1) is 18.1. The highest BCUT2D eigenvalue weighted by atomic mass is 32.2. The second-order valence-electron chi connectivity index (χ2n) is 6.03. The molecule has 128 valence electrons. The number of β-amino-alcohol motifs (C(OH)–C–C–N with tert-alkyl or cyclic N) is 1. The molecule has 0 amide bonds.